The Morgan fingerprint density at radius 1 is 1.14 bits per heavy atom. The number of ether oxygens (including phenoxy) is 1. The molecule has 8 nitrogen and oxygen atoms in total. The molecule has 180 valence electrons. The number of carbonyl (C=O) groups is 1. The first kappa shape index (κ1) is 23.4. The number of nitrogens with two attached hydrogens (primary N) is 1. The molecule has 35 heavy (non-hydrogen) atoms. The molecule has 0 unspecified atom stereocenters. The molecule has 2 aromatic carbocycles. The Bertz CT molecular complexity index is 1470. The van der Waals surface area contributed by atoms with Crippen molar-refractivity contribution in [3.05, 3.63) is 82.5 Å². The molecule has 0 spiro atoms. The predicted molar refractivity (Wildman–Crippen MR) is 133 cm³/mol. The van der Waals surface area contributed by atoms with Crippen LogP contribution in [-0.4, -0.2) is 35.8 Å². The van der Waals surface area contributed by atoms with Gasteiger partial charge in [0.05, 0.1) is 22.9 Å². The number of esters is 1. The number of carbonyl (C=O) groups excluding carboxylic acids is 1. The SMILES string of the molecule is CCOC(=O)c1csc(-n2nc(-c3ccccc3)c(Cc3ccc(S(N)(=O)=O)cc3)c2C2CC2)n1. The topological polar surface area (TPSA) is 117 Å². The second-order valence-electron chi connectivity index (χ2n) is 8.37. The third-order valence-electron chi connectivity index (χ3n) is 5.83. The maximum Gasteiger partial charge on any atom is 0.357 e. The van der Waals surface area contributed by atoms with E-state index < -0.39 is 16.0 Å². The summed E-state index contributed by atoms with van der Waals surface area (Å²) in [6.07, 6.45) is 2.66. The quantitative estimate of drug-likeness (QED) is 0.355. The van der Waals surface area contributed by atoms with Crippen LogP contribution >= 0.6 is 11.3 Å². The van der Waals surface area contributed by atoms with Crippen LogP contribution in [0.3, 0.4) is 0 Å². The van der Waals surface area contributed by atoms with Crippen molar-refractivity contribution >= 4 is 27.3 Å². The summed E-state index contributed by atoms with van der Waals surface area (Å²) in [5.41, 5.74) is 5.18. The van der Waals surface area contributed by atoms with Gasteiger partial charge in [-0.3, -0.25) is 0 Å². The molecule has 0 atom stereocenters. The lowest BCUT2D eigenvalue weighted by Crippen LogP contribution is -2.11. The number of aromatic nitrogens is 3. The maximum atomic E-state index is 12.2. The van der Waals surface area contributed by atoms with E-state index in [1.807, 2.05) is 35.0 Å². The standard InChI is InChI=1S/C25H24N4O4S2/c1-2-33-24(30)21-15-34-25(27-21)29-23(18-10-11-18)20(22(28-29)17-6-4-3-5-7-17)14-16-8-12-19(13-9-16)35(26,31)32/h3-9,12-13,15,18H,2,10-11,14H2,1H3,(H2,26,31,32). The molecule has 5 rings (SSSR count). The van der Waals surface area contributed by atoms with Crippen LogP contribution in [0.5, 0.6) is 0 Å². The van der Waals surface area contributed by atoms with Crippen molar-refractivity contribution in [1.29, 1.82) is 0 Å². The Balaban J connectivity index is 1.61. The molecule has 1 aliphatic carbocycles. The van der Waals surface area contributed by atoms with E-state index in [0.29, 0.717) is 17.5 Å². The number of sulfonamides is 1. The Morgan fingerprint density at radius 3 is 2.49 bits per heavy atom. The van der Waals surface area contributed by atoms with Crippen LogP contribution in [0.1, 0.15) is 53.0 Å². The second kappa shape index (κ2) is 9.37. The van der Waals surface area contributed by atoms with Gasteiger partial charge in [0, 0.05) is 28.8 Å². The van der Waals surface area contributed by atoms with Gasteiger partial charge in [0.25, 0.3) is 0 Å². The first-order valence-corrected chi connectivity index (χ1v) is 13.7. The average molecular weight is 509 g/mol. The summed E-state index contributed by atoms with van der Waals surface area (Å²) in [6.45, 7) is 2.05. The van der Waals surface area contributed by atoms with Gasteiger partial charge in [-0.25, -0.2) is 28.0 Å². The summed E-state index contributed by atoms with van der Waals surface area (Å²) in [4.78, 5) is 16.8. The van der Waals surface area contributed by atoms with Crippen molar-refractivity contribution in [2.24, 2.45) is 5.14 Å². The monoisotopic (exact) mass is 508 g/mol. The van der Waals surface area contributed by atoms with Crippen LogP contribution in [0.25, 0.3) is 16.4 Å². The molecule has 0 aliphatic heterocycles. The normalized spacial score (nSPS) is 13.7. The molecule has 2 heterocycles. The minimum Gasteiger partial charge on any atom is -0.461 e. The molecule has 1 fully saturated rings. The summed E-state index contributed by atoms with van der Waals surface area (Å²) >= 11 is 1.35. The third kappa shape index (κ3) is 4.90. The Labute approximate surface area is 207 Å². The highest BCUT2D eigenvalue weighted by atomic mass is 32.2. The number of primary sulfonamides is 1. The van der Waals surface area contributed by atoms with Gasteiger partial charge in [0.2, 0.25) is 15.2 Å². The van der Waals surface area contributed by atoms with E-state index in [-0.39, 0.29) is 17.2 Å². The average Bonchev–Trinajstić information content (AvgIpc) is 3.43. The molecule has 4 aromatic rings. The van der Waals surface area contributed by atoms with Crippen LogP contribution in [0.4, 0.5) is 0 Å². The van der Waals surface area contributed by atoms with E-state index in [1.54, 1.807) is 24.4 Å². The highest BCUT2D eigenvalue weighted by Gasteiger charge is 2.34. The van der Waals surface area contributed by atoms with E-state index in [1.165, 1.54) is 23.5 Å². The van der Waals surface area contributed by atoms with Crippen molar-refractivity contribution in [3.8, 4) is 16.4 Å². The van der Waals surface area contributed by atoms with Crippen molar-refractivity contribution in [3.63, 3.8) is 0 Å². The van der Waals surface area contributed by atoms with E-state index >= 15 is 0 Å². The minimum atomic E-state index is -3.76. The fourth-order valence-corrected chi connectivity index (χ4v) is 5.32. The summed E-state index contributed by atoms with van der Waals surface area (Å²) in [7, 11) is -3.76. The van der Waals surface area contributed by atoms with Crippen molar-refractivity contribution in [1.82, 2.24) is 14.8 Å². The largest absolute Gasteiger partial charge is 0.461 e. The summed E-state index contributed by atoms with van der Waals surface area (Å²) < 4.78 is 30.3. The van der Waals surface area contributed by atoms with Crippen LogP contribution in [0, 0.1) is 0 Å². The van der Waals surface area contributed by atoms with Crippen LogP contribution in [-0.2, 0) is 21.2 Å². The van der Waals surface area contributed by atoms with E-state index in [9.17, 15) is 13.2 Å². The lowest BCUT2D eigenvalue weighted by molar-refractivity contribution is 0.0520. The second-order valence-corrected chi connectivity index (χ2v) is 10.8. The van der Waals surface area contributed by atoms with E-state index in [0.717, 1.165) is 40.9 Å². The van der Waals surface area contributed by atoms with Crippen molar-refractivity contribution in [2.75, 3.05) is 6.61 Å². The van der Waals surface area contributed by atoms with Gasteiger partial charge in [-0.2, -0.15) is 5.10 Å². The highest BCUT2D eigenvalue weighted by Crippen LogP contribution is 2.45. The number of hydrogen-bond acceptors (Lipinski definition) is 7. The molecule has 2 N–H and O–H groups in total. The highest BCUT2D eigenvalue weighted by molar-refractivity contribution is 7.89. The predicted octanol–water partition coefficient (Wildman–Crippen LogP) is 4.29. The molecular formula is C25H24N4O4S2. The Morgan fingerprint density at radius 2 is 1.86 bits per heavy atom. The molecule has 0 bridgehead atoms. The Kier molecular flexibility index (Phi) is 6.26. The smallest absolute Gasteiger partial charge is 0.357 e. The summed E-state index contributed by atoms with van der Waals surface area (Å²) in [6, 6.07) is 16.6. The van der Waals surface area contributed by atoms with Gasteiger partial charge >= 0.3 is 5.97 Å². The molecule has 1 saturated carbocycles. The molecule has 1 aliphatic rings. The fraction of sp³-hybridized carbons (Fsp3) is 0.240. The molecule has 0 saturated heterocycles. The van der Waals surface area contributed by atoms with E-state index in [2.05, 4.69) is 4.98 Å². The van der Waals surface area contributed by atoms with Gasteiger partial charge < -0.3 is 4.74 Å². The van der Waals surface area contributed by atoms with Gasteiger partial charge in [-0.05, 0) is 37.5 Å². The number of thiazole rings is 1. The first-order chi connectivity index (χ1) is 16.8. The van der Waals surface area contributed by atoms with Crippen molar-refractivity contribution in [2.45, 2.75) is 37.0 Å². The van der Waals surface area contributed by atoms with Gasteiger partial charge in [0.1, 0.15) is 0 Å². The number of benzene rings is 2. The van der Waals surface area contributed by atoms with Crippen molar-refractivity contribution < 1.29 is 17.9 Å². The molecule has 10 heteroatoms. The van der Waals surface area contributed by atoms with E-state index in [4.69, 9.17) is 15.0 Å². The van der Waals surface area contributed by atoms with Crippen LogP contribution in [0.2, 0.25) is 0 Å². The number of rotatable bonds is 8. The lowest BCUT2D eigenvalue weighted by Gasteiger charge is -2.08. The van der Waals surface area contributed by atoms with Gasteiger partial charge in [0.15, 0.2) is 5.69 Å². The van der Waals surface area contributed by atoms with Crippen LogP contribution < -0.4 is 5.14 Å². The molecule has 0 radical (unpaired) electrons. The lowest BCUT2D eigenvalue weighted by atomic mass is 9.97. The van der Waals surface area contributed by atoms with Crippen LogP contribution in [0.15, 0.2) is 64.9 Å². The fourth-order valence-electron chi connectivity index (χ4n) is 4.05. The van der Waals surface area contributed by atoms with Gasteiger partial charge in [-0.1, -0.05) is 42.5 Å². The first-order valence-electron chi connectivity index (χ1n) is 11.3. The van der Waals surface area contributed by atoms with Gasteiger partial charge in [-0.15, -0.1) is 11.3 Å². The zero-order valence-corrected chi connectivity index (χ0v) is 20.7. The molecule has 2 aromatic heterocycles. The summed E-state index contributed by atoms with van der Waals surface area (Å²) in [5, 5.41) is 12.5. The number of nitrogens with zero attached hydrogens (tertiary/aromatic N) is 3. The zero-order valence-electron chi connectivity index (χ0n) is 19.0. The molecular weight excluding hydrogens is 484 g/mol. The molecule has 0 amide bonds. The summed E-state index contributed by atoms with van der Waals surface area (Å²) in [5.74, 6) is -0.109. The number of hydrogen-bond donors (Lipinski definition) is 1. The maximum absolute atomic E-state index is 12.2. The minimum absolute atomic E-state index is 0.0805. The Hall–Kier alpha value is -3.34. The third-order valence-corrected chi connectivity index (χ3v) is 7.57. The zero-order chi connectivity index (χ0) is 24.6.